The SMILES string of the molecule is CCC[C@@H](O[Si](C)(C)C(C)(C)C)[C@@H](C)[C@H](O[Si](C)(C)C)C(C)C=O. The summed E-state index contributed by atoms with van der Waals surface area (Å²) in [6, 6.07) is 0. The van der Waals surface area contributed by atoms with Crippen molar-refractivity contribution in [2.24, 2.45) is 11.8 Å². The molecule has 0 heterocycles. The van der Waals surface area contributed by atoms with Crippen LogP contribution in [0.3, 0.4) is 0 Å². The molecule has 4 atom stereocenters. The maximum absolute atomic E-state index is 11.5. The Kier molecular flexibility index (Phi) is 9.11. The summed E-state index contributed by atoms with van der Waals surface area (Å²) in [4.78, 5) is 11.5. The van der Waals surface area contributed by atoms with Gasteiger partial charge in [0.1, 0.15) is 6.29 Å². The van der Waals surface area contributed by atoms with Crippen molar-refractivity contribution in [1.29, 1.82) is 0 Å². The van der Waals surface area contributed by atoms with Crippen molar-refractivity contribution in [2.45, 2.75) is 104 Å². The Morgan fingerprint density at radius 3 is 1.83 bits per heavy atom. The van der Waals surface area contributed by atoms with Gasteiger partial charge in [-0.15, -0.1) is 0 Å². The number of carbonyl (C=O) groups is 1. The molecule has 0 fully saturated rings. The Morgan fingerprint density at radius 1 is 1.00 bits per heavy atom. The molecular weight excluding hydrogens is 332 g/mol. The second kappa shape index (κ2) is 9.10. The molecule has 1 unspecified atom stereocenters. The highest BCUT2D eigenvalue weighted by Crippen LogP contribution is 2.39. The van der Waals surface area contributed by atoms with Crippen molar-refractivity contribution in [3.63, 3.8) is 0 Å². The summed E-state index contributed by atoms with van der Waals surface area (Å²) in [6.07, 6.45) is 3.23. The summed E-state index contributed by atoms with van der Waals surface area (Å²) >= 11 is 0. The average Bonchev–Trinajstić information content (AvgIpc) is 2.40. The van der Waals surface area contributed by atoms with Gasteiger partial charge in [-0.3, -0.25) is 0 Å². The van der Waals surface area contributed by atoms with E-state index < -0.39 is 16.6 Å². The summed E-state index contributed by atoms with van der Waals surface area (Å²) < 4.78 is 13.2. The fourth-order valence-corrected chi connectivity index (χ4v) is 5.35. The average molecular weight is 375 g/mol. The van der Waals surface area contributed by atoms with Gasteiger partial charge in [-0.2, -0.15) is 0 Å². The lowest BCUT2D eigenvalue weighted by molar-refractivity contribution is -0.115. The third-order valence-corrected chi connectivity index (χ3v) is 10.6. The lowest BCUT2D eigenvalue weighted by Gasteiger charge is -2.43. The largest absolute Gasteiger partial charge is 0.414 e. The van der Waals surface area contributed by atoms with Crippen LogP contribution in [-0.2, 0) is 13.6 Å². The molecule has 0 saturated carbocycles. The van der Waals surface area contributed by atoms with Crippen LogP contribution < -0.4 is 0 Å². The van der Waals surface area contributed by atoms with Crippen molar-refractivity contribution in [3.05, 3.63) is 0 Å². The van der Waals surface area contributed by atoms with Gasteiger partial charge in [0.05, 0.1) is 12.2 Å². The zero-order valence-electron chi connectivity index (χ0n) is 18.0. The van der Waals surface area contributed by atoms with E-state index in [0.29, 0.717) is 0 Å². The lowest BCUT2D eigenvalue weighted by Crippen LogP contribution is -2.50. The van der Waals surface area contributed by atoms with E-state index in [-0.39, 0.29) is 29.1 Å². The van der Waals surface area contributed by atoms with E-state index in [1.807, 2.05) is 6.92 Å². The second-order valence-electron chi connectivity index (χ2n) is 9.75. The first-order valence-electron chi connectivity index (χ1n) is 9.47. The van der Waals surface area contributed by atoms with E-state index in [0.717, 1.165) is 19.1 Å². The van der Waals surface area contributed by atoms with Gasteiger partial charge in [-0.05, 0) is 44.2 Å². The molecular formula is C19H42O3Si2. The highest BCUT2D eigenvalue weighted by Gasteiger charge is 2.42. The van der Waals surface area contributed by atoms with Crippen LogP contribution in [0, 0.1) is 11.8 Å². The smallest absolute Gasteiger partial charge is 0.192 e. The molecule has 0 rings (SSSR count). The molecule has 5 heteroatoms. The normalized spacial score (nSPS) is 18.8. The van der Waals surface area contributed by atoms with Crippen LogP contribution in [0.15, 0.2) is 0 Å². The van der Waals surface area contributed by atoms with Gasteiger partial charge in [-0.1, -0.05) is 48.0 Å². The quantitative estimate of drug-likeness (QED) is 0.354. The molecule has 0 amide bonds. The first-order valence-corrected chi connectivity index (χ1v) is 15.8. The van der Waals surface area contributed by atoms with Crippen molar-refractivity contribution in [2.75, 3.05) is 0 Å². The van der Waals surface area contributed by atoms with Gasteiger partial charge in [-0.25, -0.2) is 0 Å². The molecule has 0 aliphatic carbocycles. The number of rotatable bonds is 10. The van der Waals surface area contributed by atoms with Crippen molar-refractivity contribution in [1.82, 2.24) is 0 Å². The zero-order valence-corrected chi connectivity index (χ0v) is 20.0. The molecule has 0 spiro atoms. The summed E-state index contributed by atoms with van der Waals surface area (Å²) in [5.41, 5.74) is 0. The van der Waals surface area contributed by atoms with Gasteiger partial charge in [0, 0.05) is 11.8 Å². The fraction of sp³-hybridized carbons (Fsp3) is 0.947. The van der Waals surface area contributed by atoms with E-state index in [1.54, 1.807) is 0 Å². The summed E-state index contributed by atoms with van der Waals surface area (Å²) in [7, 11) is -3.58. The molecule has 24 heavy (non-hydrogen) atoms. The standard InChI is InChI=1S/C19H42O3Si2/c1-12-13-17(21-24(10,11)19(4,5)6)16(3)18(15(2)14-20)22-23(7,8)9/h14-18H,12-13H2,1-11H3/t15?,16-,17-,18-/m1/s1. The van der Waals surface area contributed by atoms with Gasteiger partial charge in [0.15, 0.2) is 16.6 Å². The van der Waals surface area contributed by atoms with Crippen LogP contribution >= 0.6 is 0 Å². The fourth-order valence-electron chi connectivity index (χ4n) is 2.66. The molecule has 0 aromatic carbocycles. The van der Waals surface area contributed by atoms with Crippen LogP contribution in [0.4, 0.5) is 0 Å². The summed E-state index contributed by atoms with van der Waals surface area (Å²) in [5, 5.41) is 0.185. The predicted octanol–water partition coefficient (Wildman–Crippen LogP) is 5.87. The first kappa shape index (κ1) is 24.0. The van der Waals surface area contributed by atoms with Crippen LogP contribution in [-0.4, -0.2) is 35.1 Å². The van der Waals surface area contributed by atoms with Gasteiger partial charge in [0.2, 0.25) is 0 Å². The Bertz CT molecular complexity index is 383. The Balaban J connectivity index is 5.48. The Morgan fingerprint density at radius 2 is 1.50 bits per heavy atom. The summed E-state index contributed by atoms with van der Waals surface area (Å²) in [5.74, 6) is 0.111. The van der Waals surface area contributed by atoms with E-state index in [9.17, 15) is 4.79 Å². The van der Waals surface area contributed by atoms with Crippen molar-refractivity contribution in [3.8, 4) is 0 Å². The minimum absolute atomic E-state index is 0.0597. The van der Waals surface area contributed by atoms with Crippen molar-refractivity contribution >= 4 is 22.9 Å². The molecule has 0 N–H and O–H groups in total. The Labute approximate surface area is 153 Å². The third kappa shape index (κ3) is 7.50. The van der Waals surface area contributed by atoms with Gasteiger partial charge < -0.3 is 13.6 Å². The molecule has 0 aliphatic rings. The molecule has 0 aliphatic heterocycles. The number of hydrogen-bond donors (Lipinski definition) is 0. The second-order valence-corrected chi connectivity index (χ2v) is 19.0. The van der Waals surface area contributed by atoms with E-state index in [2.05, 4.69) is 67.4 Å². The molecule has 144 valence electrons. The highest BCUT2D eigenvalue weighted by molar-refractivity contribution is 6.74. The molecule has 0 saturated heterocycles. The maximum Gasteiger partial charge on any atom is 0.192 e. The van der Waals surface area contributed by atoms with Gasteiger partial charge >= 0.3 is 0 Å². The van der Waals surface area contributed by atoms with Gasteiger partial charge in [0.25, 0.3) is 0 Å². The minimum Gasteiger partial charge on any atom is -0.414 e. The van der Waals surface area contributed by atoms with Crippen LogP contribution in [0.1, 0.15) is 54.4 Å². The highest BCUT2D eigenvalue weighted by atomic mass is 28.4. The lowest BCUT2D eigenvalue weighted by atomic mass is 9.88. The van der Waals surface area contributed by atoms with Crippen LogP contribution in [0.2, 0.25) is 37.8 Å². The van der Waals surface area contributed by atoms with E-state index >= 15 is 0 Å². The summed E-state index contributed by atoms with van der Waals surface area (Å²) in [6.45, 7) is 24.4. The zero-order chi connectivity index (χ0) is 19.3. The molecule has 0 bridgehead atoms. The topological polar surface area (TPSA) is 35.5 Å². The number of carbonyl (C=O) groups excluding carboxylic acids is 1. The molecule has 0 aromatic rings. The van der Waals surface area contributed by atoms with Crippen LogP contribution in [0.5, 0.6) is 0 Å². The minimum atomic E-state index is -1.85. The van der Waals surface area contributed by atoms with E-state index in [1.165, 1.54) is 0 Å². The molecule has 3 nitrogen and oxygen atoms in total. The predicted molar refractivity (Wildman–Crippen MR) is 110 cm³/mol. The molecule has 0 aromatic heterocycles. The first-order chi connectivity index (χ1) is 10.7. The maximum atomic E-state index is 11.5. The number of hydrogen-bond acceptors (Lipinski definition) is 3. The molecule has 0 radical (unpaired) electrons. The van der Waals surface area contributed by atoms with Crippen molar-refractivity contribution < 1.29 is 13.6 Å². The van der Waals surface area contributed by atoms with E-state index in [4.69, 9.17) is 8.85 Å². The monoisotopic (exact) mass is 374 g/mol. The van der Waals surface area contributed by atoms with Crippen LogP contribution in [0.25, 0.3) is 0 Å². The number of aldehydes is 1. The Hall–Kier alpha value is 0.0238. The third-order valence-electron chi connectivity index (χ3n) is 5.15.